The Morgan fingerprint density at radius 3 is 2.12 bits per heavy atom. The standard InChI is InChI=1S/C12H26N2O2/c1-8(2)10(6-13)7-14-11(9(3)4)12(15)16-5/h8-11,14H,6-7,13H2,1-5H3. The van der Waals surface area contributed by atoms with Crippen LogP contribution in [-0.4, -0.2) is 32.2 Å². The lowest BCUT2D eigenvalue weighted by Gasteiger charge is -2.25. The third-order valence-electron chi connectivity index (χ3n) is 2.97. The lowest BCUT2D eigenvalue weighted by atomic mass is 9.95. The monoisotopic (exact) mass is 230 g/mol. The maximum absolute atomic E-state index is 11.5. The fraction of sp³-hybridized carbons (Fsp3) is 0.917. The predicted molar refractivity (Wildman–Crippen MR) is 66.0 cm³/mol. The Hall–Kier alpha value is -0.610. The molecule has 0 bridgehead atoms. The molecule has 0 aromatic carbocycles. The Balaban J connectivity index is 4.26. The Bertz CT molecular complexity index is 205. The van der Waals surface area contributed by atoms with E-state index in [0.29, 0.717) is 18.4 Å². The second-order valence-corrected chi connectivity index (χ2v) is 4.89. The first-order chi connectivity index (χ1) is 7.43. The van der Waals surface area contributed by atoms with Crippen LogP contribution < -0.4 is 11.1 Å². The summed E-state index contributed by atoms with van der Waals surface area (Å²) < 4.78 is 4.77. The number of nitrogens with two attached hydrogens (primary N) is 1. The van der Waals surface area contributed by atoms with Crippen molar-refractivity contribution in [3.63, 3.8) is 0 Å². The number of rotatable bonds is 7. The van der Waals surface area contributed by atoms with Crippen molar-refractivity contribution in [1.29, 1.82) is 0 Å². The summed E-state index contributed by atoms with van der Waals surface area (Å²) in [6.45, 7) is 9.68. The van der Waals surface area contributed by atoms with E-state index < -0.39 is 0 Å². The number of nitrogens with one attached hydrogen (secondary N) is 1. The van der Waals surface area contributed by atoms with Crippen LogP contribution in [0.1, 0.15) is 27.7 Å². The van der Waals surface area contributed by atoms with E-state index in [2.05, 4.69) is 19.2 Å². The second kappa shape index (κ2) is 7.63. The average molecular weight is 230 g/mol. The van der Waals surface area contributed by atoms with Crippen LogP contribution in [0.2, 0.25) is 0 Å². The first-order valence-corrected chi connectivity index (χ1v) is 5.95. The zero-order valence-electron chi connectivity index (χ0n) is 11.1. The molecule has 0 aromatic heterocycles. The van der Waals surface area contributed by atoms with Crippen LogP contribution in [0.15, 0.2) is 0 Å². The van der Waals surface area contributed by atoms with Gasteiger partial charge in [0.1, 0.15) is 6.04 Å². The van der Waals surface area contributed by atoms with E-state index in [4.69, 9.17) is 10.5 Å². The molecule has 4 heteroatoms. The number of hydrogen-bond donors (Lipinski definition) is 2. The zero-order chi connectivity index (χ0) is 12.7. The number of carbonyl (C=O) groups excluding carboxylic acids is 1. The van der Waals surface area contributed by atoms with Crippen molar-refractivity contribution in [2.75, 3.05) is 20.2 Å². The van der Waals surface area contributed by atoms with Gasteiger partial charge in [-0.15, -0.1) is 0 Å². The van der Waals surface area contributed by atoms with Crippen molar-refractivity contribution < 1.29 is 9.53 Å². The first-order valence-electron chi connectivity index (χ1n) is 5.95. The second-order valence-electron chi connectivity index (χ2n) is 4.89. The Morgan fingerprint density at radius 2 is 1.81 bits per heavy atom. The summed E-state index contributed by atoms with van der Waals surface area (Å²) in [6.07, 6.45) is 0. The van der Waals surface area contributed by atoms with Gasteiger partial charge in [0.2, 0.25) is 0 Å². The molecule has 0 rings (SSSR count). The van der Waals surface area contributed by atoms with Crippen molar-refractivity contribution in [3.8, 4) is 0 Å². The number of esters is 1. The summed E-state index contributed by atoms with van der Waals surface area (Å²) in [6, 6.07) is -0.238. The molecule has 0 aliphatic heterocycles. The van der Waals surface area contributed by atoms with Gasteiger partial charge in [0.05, 0.1) is 7.11 Å². The minimum absolute atomic E-state index is 0.200. The molecular weight excluding hydrogens is 204 g/mol. The average Bonchev–Trinajstić information content (AvgIpc) is 2.22. The highest BCUT2D eigenvalue weighted by Crippen LogP contribution is 2.10. The Labute approximate surface area is 98.9 Å². The molecule has 4 nitrogen and oxygen atoms in total. The Morgan fingerprint density at radius 1 is 1.25 bits per heavy atom. The fourth-order valence-electron chi connectivity index (χ4n) is 1.59. The molecule has 96 valence electrons. The highest BCUT2D eigenvalue weighted by atomic mass is 16.5. The number of hydrogen-bond acceptors (Lipinski definition) is 4. The van der Waals surface area contributed by atoms with E-state index in [1.807, 2.05) is 13.8 Å². The maximum atomic E-state index is 11.5. The Kier molecular flexibility index (Phi) is 7.34. The summed E-state index contributed by atoms with van der Waals surface area (Å²) in [4.78, 5) is 11.5. The summed E-state index contributed by atoms with van der Waals surface area (Å²) >= 11 is 0. The fourth-order valence-corrected chi connectivity index (χ4v) is 1.59. The van der Waals surface area contributed by atoms with Gasteiger partial charge in [-0.25, -0.2) is 0 Å². The molecule has 0 saturated heterocycles. The van der Waals surface area contributed by atoms with Gasteiger partial charge in [0.25, 0.3) is 0 Å². The van der Waals surface area contributed by atoms with E-state index in [1.165, 1.54) is 7.11 Å². The molecule has 0 amide bonds. The molecule has 0 aliphatic rings. The quantitative estimate of drug-likeness (QED) is 0.641. The van der Waals surface area contributed by atoms with Crippen LogP contribution >= 0.6 is 0 Å². The topological polar surface area (TPSA) is 64.3 Å². The minimum atomic E-state index is -0.238. The van der Waals surface area contributed by atoms with Gasteiger partial charge in [0.15, 0.2) is 0 Å². The largest absolute Gasteiger partial charge is 0.468 e. The smallest absolute Gasteiger partial charge is 0.323 e. The van der Waals surface area contributed by atoms with Crippen LogP contribution in [0.5, 0.6) is 0 Å². The molecule has 0 fully saturated rings. The molecule has 0 spiro atoms. The van der Waals surface area contributed by atoms with Gasteiger partial charge in [-0.3, -0.25) is 4.79 Å². The molecule has 0 radical (unpaired) electrons. The zero-order valence-corrected chi connectivity index (χ0v) is 11.1. The van der Waals surface area contributed by atoms with Crippen molar-refractivity contribution in [3.05, 3.63) is 0 Å². The predicted octanol–water partition coefficient (Wildman–Crippen LogP) is 1.00. The van der Waals surface area contributed by atoms with Gasteiger partial charge in [-0.1, -0.05) is 27.7 Å². The van der Waals surface area contributed by atoms with Crippen LogP contribution in [0.4, 0.5) is 0 Å². The number of ether oxygens (including phenoxy) is 1. The van der Waals surface area contributed by atoms with Crippen LogP contribution in [-0.2, 0) is 9.53 Å². The molecule has 2 atom stereocenters. The number of methoxy groups -OCH3 is 1. The summed E-state index contributed by atoms with van der Waals surface area (Å²) in [7, 11) is 1.42. The molecule has 0 aromatic rings. The van der Waals surface area contributed by atoms with Gasteiger partial charge in [0, 0.05) is 6.54 Å². The minimum Gasteiger partial charge on any atom is -0.468 e. The van der Waals surface area contributed by atoms with E-state index >= 15 is 0 Å². The van der Waals surface area contributed by atoms with Crippen LogP contribution in [0.3, 0.4) is 0 Å². The summed E-state index contributed by atoms with van der Waals surface area (Å²) in [5.74, 6) is 0.932. The van der Waals surface area contributed by atoms with E-state index in [0.717, 1.165) is 6.54 Å². The van der Waals surface area contributed by atoms with Crippen molar-refractivity contribution in [2.45, 2.75) is 33.7 Å². The number of carbonyl (C=O) groups is 1. The van der Waals surface area contributed by atoms with E-state index in [1.54, 1.807) is 0 Å². The van der Waals surface area contributed by atoms with Crippen molar-refractivity contribution in [1.82, 2.24) is 5.32 Å². The third kappa shape index (κ3) is 4.94. The molecule has 2 unspecified atom stereocenters. The molecule has 0 saturated carbocycles. The first kappa shape index (κ1) is 15.4. The lowest BCUT2D eigenvalue weighted by Crippen LogP contribution is -2.45. The van der Waals surface area contributed by atoms with Gasteiger partial charge >= 0.3 is 5.97 Å². The normalized spacial score (nSPS) is 15.2. The highest BCUT2D eigenvalue weighted by molar-refractivity contribution is 5.75. The van der Waals surface area contributed by atoms with Gasteiger partial charge in [-0.2, -0.15) is 0 Å². The van der Waals surface area contributed by atoms with E-state index in [9.17, 15) is 4.79 Å². The summed E-state index contributed by atoms with van der Waals surface area (Å²) in [5, 5.41) is 3.25. The lowest BCUT2D eigenvalue weighted by molar-refractivity contribution is -0.144. The van der Waals surface area contributed by atoms with Gasteiger partial charge in [-0.05, 0) is 24.3 Å². The van der Waals surface area contributed by atoms with Crippen LogP contribution in [0, 0.1) is 17.8 Å². The van der Waals surface area contributed by atoms with Crippen molar-refractivity contribution >= 4 is 5.97 Å². The SMILES string of the molecule is COC(=O)C(NCC(CN)C(C)C)C(C)C. The van der Waals surface area contributed by atoms with Gasteiger partial charge < -0.3 is 15.8 Å². The van der Waals surface area contributed by atoms with E-state index in [-0.39, 0.29) is 17.9 Å². The molecular formula is C12H26N2O2. The molecule has 16 heavy (non-hydrogen) atoms. The molecule has 3 N–H and O–H groups in total. The molecule has 0 aliphatic carbocycles. The maximum Gasteiger partial charge on any atom is 0.323 e. The summed E-state index contributed by atoms with van der Waals surface area (Å²) in [5.41, 5.74) is 5.69. The third-order valence-corrected chi connectivity index (χ3v) is 2.97. The highest BCUT2D eigenvalue weighted by Gasteiger charge is 2.23. The van der Waals surface area contributed by atoms with Crippen LogP contribution in [0.25, 0.3) is 0 Å². The van der Waals surface area contributed by atoms with Crippen molar-refractivity contribution in [2.24, 2.45) is 23.5 Å². The molecule has 0 heterocycles.